The van der Waals surface area contributed by atoms with E-state index in [0.717, 1.165) is 19.3 Å². The minimum absolute atomic E-state index is 0.123. The van der Waals surface area contributed by atoms with E-state index in [2.05, 4.69) is 6.92 Å². The number of hydrogen-bond acceptors (Lipinski definition) is 3. The molecule has 0 aromatic heterocycles. The van der Waals surface area contributed by atoms with Gasteiger partial charge < -0.3 is 15.9 Å². The number of aliphatic hydroxyl groups excluding tert-OH is 2. The van der Waals surface area contributed by atoms with Crippen molar-refractivity contribution in [3.63, 3.8) is 0 Å². The topological polar surface area (TPSA) is 66.5 Å². The van der Waals surface area contributed by atoms with Crippen LogP contribution in [-0.4, -0.2) is 29.0 Å². The Morgan fingerprint density at radius 2 is 0.833 bits per heavy atom. The van der Waals surface area contributed by atoms with E-state index < -0.39 is 5.54 Å². The lowest BCUT2D eigenvalue weighted by Crippen LogP contribution is -2.47. The Labute approximate surface area is 151 Å². The summed E-state index contributed by atoms with van der Waals surface area (Å²) in [6.45, 7) is 2.03. The molecule has 24 heavy (non-hydrogen) atoms. The molecule has 0 aliphatic heterocycles. The van der Waals surface area contributed by atoms with Crippen LogP contribution in [0.15, 0.2) is 0 Å². The van der Waals surface area contributed by atoms with Crippen molar-refractivity contribution in [2.45, 2.75) is 122 Å². The fourth-order valence-electron chi connectivity index (χ4n) is 3.23. The van der Waals surface area contributed by atoms with Crippen LogP contribution in [-0.2, 0) is 0 Å². The van der Waals surface area contributed by atoms with Crippen LogP contribution in [0.25, 0.3) is 0 Å². The molecule has 0 aromatic rings. The monoisotopic (exact) mass is 343 g/mol. The fourth-order valence-corrected chi connectivity index (χ4v) is 3.23. The highest BCUT2D eigenvalue weighted by molar-refractivity contribution is 4.81. The normalized spacial score (nSPS) is 12.0. The van der Waals surface area contributed by atoms with Crippen molar-refractivity contribution in [1.29, 1.82) is 0 Å². The van der Waals surface area contributed by atoms with Gasteiger partial charge in [-0.25, -0.2) is 0 Å². The molecular formula is C21H45NO2. The van der Waals surface area contributed by atoms with Crippen LogP contribution in [0, 0.1) is 0 Å². The van der Waals surface area contributed by atoms with Crippen molar-refractivity contribution in [3.05, 3.63) is 0 Å². The quantitative estimate of drug-likeness (QED) is 0.278. The highest BCUT2D eigenvalue weighted by atomic mass is 16.3. The summed E-state index contributed by atoms with van der Waals surface area (Å²) in [6, 6.07) is 0. The molecule has 0 aliphatic rings. The summed E-state index contributed by atoms with van der Waals surface area (Å²) in [4.78, 5) is 0. The third-order valence-corrected chi connectivity index (χ3v) is 5.16. The molecule has 0 aliphatic carbocycles. The van der Waals surface area contributed by atoms with Gasteiger partial charge in [-0.3, -0.25) is 0 Å². The molecule has 4 N–H and O–H groups in total. The maximum atomic E-state index is 9.13. The number of rotatable bonds is 19. The molecule has 0 rings (SSSR count). The van der Waals surface area contributed by atoms with E-state index >= 15 is 0 Å². The van der Waals surface area contributed by atoms with Gasteiger partial charge in [0.15, 0.2) is 0 Å². The molecule has 0 fully saturated rings. The second kappa shape index (κ2) is 17.7. The van der Waals surface area contributed by atoms with Crippen LogP contribution in [0.3, 0.4) is 0 Å². The highest BCUT2D eigenvalue weighted by Gasteiger charge is 2.21. The van der Waals surface area contributed by atoms with E-state index in [-0.39, 0.29) is 13.2 Å². The predicted octanol–water partition coefficient (Wildman–Crippen LogP) is 5.32. The predicted molar refractivity (Wildman–Crippen MR) is 105 cm³/mol. The lowest BCUT2D eigenvalue weighted by molar-refractivity contribution is 0.112. The standard InChI is InChI=1S/C21H45NO2/c1-2-3-4-5-6-7-8-9-10-11-12-13-14-15-16-17-18-21(22,19-23)20-24/h23-24H,2-20,22H2,1H3. The third-order valence-electron chi connectivity index (χ3n) is 5.16. The van der Waals surface area contributed by atoms with Gasteiger partial charge in [0.2, 0.25) is 0 Å². The third kappa shape index (κ3) is 15.4. The second-order valence-corrected chi connectivity index (χ2v) is 7.73. The Morgan fingerprint density at radius 1 is 0.542 bits per heavy atom. The molecular weight excluding hydrogens is 298 g/mol. The van der Waals surface area contributed by atoms with Crippen molar-refractivity contribution in [2.75, 3.05) is 13.2 Å². The Morgan fingerprint density at radius 3 is 1.12 bits per heavy atom. The molecule has 0 unspecified atom stereocenters. The van der Waals surface area contributed by atoms with E-state index in [1.807, 2.05) is 0 Å². The number of hydrogen-bond donors (Lipinski definition) is 3. The molecule has 146 valence electrons. The van der Waals surface area contributed by atoms with Gasteiger partial charge >= 0.3 is 0 Å². The zero-order valence-corrected chi connectivity index (χ0v) is 16.4. The van der Waals surface area contributed by atoms with E-state index in [1.165, 1.54) is 89.9 Å². The Hall–Kier alpha value is -0.120. The molecule has 0 heterocycles. The average Bonchev–Trinajstić information content (AvgIpc) is 2.61. The molecule has 0 bridgehead atoms. The summed E-state index contributed by atoms with van der Waals surface area (Å²) in [5.74, 6) is 0. The van der Waals surface area contributed by atoms with Gasteiger partial charge in [-0.05, 0) is 6.42 Å². The Bertz CT molecular complexity index is 242. The zero-order valence-electron chi connectivity index (χ0n) is 16.4. The Balaban J connectivity index is 3.13. The lowest BCUT2D eigenvalue weighted by Gasteiger charge is -2.24. The maximum absolute atomic E-state index is 9.13. The van der Waals surface area contributed by atoms with Gasteiger partial charge in [0.25, 0.3) is 0 Å². The first-order valence-electron chi connectivity index (χ1n) is 10.7. The molecule has 3 nitrogen and oxygen atoms in total. The van der Waals surface area contributed by atoms with E-state index in [1.54, 1.807) is 0 Å². The van der Waals surface area contributed by atoms with Gasteiger partial charge in [-0.2, -0.15) is 0 Å². The van der Waals surface area contributed by atoms with Crippen molar-refractivity contribution in [2.24, 2.45) is 5.73 Å². The van der Waals surface area contributed by atoms with Crippen LogP contribution in [0.4, 0.5) is 0 Å². The largest absolute Gasteiger partial charge is 0.394 e. The van der Waals surface area contributed by atoms with Crippen LogP contribution < -0.4 is 5.73 Å². The molecule has 0 saturated heterocycles. The Kier molecular flexibility index (Phi) is 17.6. The first kappa shape index (κ1) is 23.9. The summed E-state index contributed by atoms with van der Waals surface area (Å²) in [6.07, 6.45) is 22.4. The molecule has 0 radical (unpaired) electrons. The summed E-state index contributed by atoms with van der Waals surface area (Å²) in [5.41, 5.74) is 5.09. The summed E-state index contributed by atoms with van der Waals surface area (Å²) in [7, 11) is 0. The summed E-state index contributed by atoms with van der Waals surface area (Å²) in [5, 5.41) is 18.3. The van der Waals surface area contributed by atoms with Gasteiger partial charge in [-0.15, -0.1) is 0 Å². The van der Waals surface area contributed by atoms with E-state index in [9.17, 15) is 0 Å². The fraction of sp³-hybridized carbons (Fsp3) is 1.00. The number of unbranched alkanes of at least 4 members (excludes halogenated alkanes) is 15. The van der Waals surface area contributed by atoms with Crippen LogP contribution in [0.1, 0.15) is 116 Å². The minimum atomic E-state index is -0.768. The van der Waals surface area contributed by atoms with Crippen molar-refractivity contribution in [1.82, 2.24) is 0 Å². The van der Waals surface area contributed by atoms with E-state index in [0.29, 0.717) is 0 Å². The molecule has 0 spiro atoms. The van der Waals surface area contributed by atoms with Crippen molar-refractivity contribution < 1.29 is 10.2 Å². The lowest BCUT2D eigenvalue weighted by atomic mass is 9.94. The molecule has 0 atom stereocenters. The smallest absolute Gasteiger partial charge is 0.0633 e. The van der Waals surface area contributed by atoms with Crippen LogP contribution in [0.2, 0.25) is 0 Å². The second-order valence-electron chi connectivity index (χ2n) is 7.73. The van der Waals surface area contributed by atoms with Crippen molar-refractivity contribution in [3.8, 4) is 0 Å². The SMILES string of the molecule is CCCCCCCCCCCCCCCCCCC(N)(CO)CO. The molecule has 0 aromatic carbocycles. The van der Waals surface area contributed by atoms with Crippen molar-refractivity contribution >= 4 is 0 Å². The minimum Gasteiger partial charge on any atom is -0.394 e. The first-order chi connectivity index (χ1) is 11.7. The highest BCUT2D eigenvalue weighted by Crippen LogP contribution is 2.15. The summed E-state index contributed by atoms with van der Waals surface area (Å²) >= 11 is 0. The van der Waals surface area contributed by atoms with Gasteiger partial charge in [0, 0.05) is 0 Å². The number of aliphatic hydroxyl groups is 2. The summed E-state index contributed by atoms with van der Waals surface area (Å²) < 4.78 is 0. The maximum Gasteiger partial charge on any atom is 0.0633 e. The van der Waals surface area contributed by atoms with Gasteiger partial charge in [0.1, 0.15) is 0 Å². The van der Waals surface area contributed by atoms with Gasteiger partial charge in [-0.1, -0.05) is 110 Å². The first-order valence-corrected chi connectivity index (χ1v) is 10.7. The van der Waals surface area contributed by atoms with Gasteiger partial charge in [0.05, 0.1) is 18.8 Å². The van der Waals surface area contributed by atoms with Crippen LogP contribution in [0.5, 0.6) is 0 Å². The number of nitrogens with two attached hydrogens (primary N) is 1. The van der Waals surface area contributed by atoms with E-state index in [4.69, 9.17) is 15.9 Å². The van der Waals surface area contributed by atoms with Crippen LogP contribution >= 0.6 is 0 Å². The molecule has 0 saturated carbocycles. The zero-order chi connectivity index (χ0) is 17.9. The average molecular weight is 344 g/mol. The molecule has 0 amide bonds. The molecule has 3 heteroatoms.